The number of ether oxygens (including phenoxy) is 4. The highest BCUT2D eigenvalue weighted by Crippen LogP contribution is 2.30. The lowest BCUT2D eigenvalue weighted by molar-refractivity contribution is -0.126. The lowest BCUT2D eigenvalue weighted by Gasteiger charge is -2.25. The molecular weight excluding hydrogens is 462 g/mol. The smallest absolute Gasteiger partial charge is 0.407 e. The van der Waals surface area contributed by atoms with Crippen LogP contribution in [-0.2, 0) is 19.0 Å². The standard InChI is InChI=1S/C28H35NO7/c1-19(30)23(15-16-29-27(32)36-28(2,3)4)35-26(31)22-14-13-21(20-10-6-5-7-11-20)18-24(22)34-25-12-8-9-17-33-25/h5-7,10-11,13-14,18,23,25H,8-9,12,15-17H2,1-4H3,(H,29,32)/t23-,25?/m0/s1. The molecule has 194 valence electrons. The van der Waals surface area contributed by atoms with E-state index in [1.165, 1.54) is 6.92 Å². The van der Waals surface area contributed by atoms with Crippen molar-refractivity contribution >= 4 is 17.8 Å². The number of alkyl carbamates (subject to hydrolysis) is 1. The number of carbonyl (C=O) groups excluding carboxylic acids is 3. The Balaban J connectivity index is 1.74. The molecule has 2 atom stereocenters. The van der Waals surface area contributed by atoms with Gasteiger partial charge in [0.2, 0.25) is 0 Å². The van der Waals surface area contributed by atoms with Crippen molar-refractivity contribution in [1.82, 2.24) is 5.32 Å². The molecule has 0 saturated carbocycles. The maximum Gasteiger partial charge on any atom is 0.407 e. The molecular formula is C28H35NO7. The summed E-state index contributed by atoms with van der Waals surface area (Å²) < 4.78 is 22.5. The van der Waals surface area contributed by atoms with Gasteiger partial charge in [-0.15, -0.1) is 0 Å². The van der Waals surface area contributed by atoms with Gasteiger partial charge < -0.3 is 24.3 Å². The molecule has 8 heteroatoms. The summed E-state index contributed by atoms with van der Waals surface area (Å²) in [4.78, 5) is 37.2. The van der Waals surface area contributed by atoms with Gasteiger partial charge in [-0.1, -0.05) is 36.4 Å². The van der Waals surface area contributed by atoms with Crippen LogP contribution < -0.4 is 10.1 Å². The first-order chi connectivity index (χ1) is 17.1. The topological polar surface area (TPSA) is 100 Å². The average molecular weight is 498 g/mol. The molecule has 36 heavy (non-hydrogen) atoms. The third kappa shape index (κ3) is 8.37. The monoisotopic (exact) mass is 497 g/mol. The SMILES string of the molecule is CC(=O)[C@H](CCNC(=O)OC(C)(C)C)OC(=O)c1ccc(-c2ccccc2)cc1OC1CCCCO1. The molecule has 1 N–H and O–H groups in total. The van der Waals surface area contributed by atoms with Crippen LogP contribution >= 0.6 is 0 Å². The Labute approximate surface area is 212 Å². The quantitative estimate of drug-likeness (QED) is 0.470. The Morgan fingerprint density at radius 2 is 1.81 bits per heavy atom. The van der Waals surface area contributed by atoms with Crippen LogP contribution in [0.3, 0.4) is 0 Å². The highest BCUT2D eigenvalue weighted by atomic mass is 16.7. The van der Waals surface area contributed by atoms with Crippen molar-refractivity contribution in [3.05, 3.63) is 54.1 Å². The van der Waals surface area contributed by atoms with Crippen molar-refractivity contribution < 1.29 is 33.3 Å². The van der Waals surface area contributed by atoms with Crippen LogP contribution in [0.5, 0.6) is 5.75 Å². The highest BCUT2D eigenvalue weighted by molar-refractivity contribution is 5.95. The highest BCUT2D eigenvalue weighted by Gasteiger charge is 2.25. The zero-order chi connectivity index (χ0) is 26.1. The van der Waals surface area contributed by atoms with Gasteiger partial charge in [0.25, 0.3) is 0 Å². The fraction of sp³-hybridized carbons (Fsp3) is 0.464. The second-order valence-electron chi connectivity index (χ2n) is 9.71. The van der Waals surface area contributed by atoms with Gasteiger partial charge in [-0.25, -0.2) is 9.59 Å². The second-order valence-corrected chi connectivity index (χ2v) is 9.71. The molecule has 8 nitrogen and oxygen atoms in total. The van der Waals surface area contributed by atoms with Crippen molar-refractivity contribution in [2.45, 2.75) is 71.4 Å². The summed E-state index contributed by atoms with van der Waals surface area (Å²) in [6.45, 7) is 7.32. The molecule has 1 aliphatic heterocycles. The maximum absolute atomic E-state index is 13.1. The van der Waals surface area contributed by atoms with E-state index in [4.69, 9.17) is 18.9 Å². The largest absolute Gasteiger partial charge is 0.464 e. The number of nitrogens with one attached hydrogen (secondary N) is 1. The molecule has 0 spiro atoms. The molecule has 0 radical (unpaired) electrons. The Hall–Kier alpha value is -3.39. The van der Waals surface area contributed by atoms with E-state index >= 15 is 0 Å². The van der Waals surface area contributed by atoms with E-state index < -0.39 is 30.1 Å². The molecule has 1 aliphatic rings. The van der Waals surface area contributed by atoms with Crippen LogP contribution in [0.1, 0.15) is 63.7 Å². The molecule has 1 amide bonds. The summed E-state index contributed by atoms with van der Waals surface area (Å²) in [5.74, 6) is -0.673. The Bertz CT molecular complexity index is 1040. The number of Topliss-reactive ketones (excluding diaryl/α,β-unsaturated/α-hetero) is 1. The number of ketones is 1. The number of esters is 1. The van der Waals surface area contributed by atoms with Crippen LogP contribution in [0.25, 0.3) is 11.1 Å². The van der Waals surface area contributed by atoms with Crippen molar-refractivity contribution in [1.29, 1.82) is 0 Å². The van der Waals surface area contributed by atoms with E-state index in [-0.39, 0.29) is 24.3 Å². The van der Waals surface area contributed by atoms with Gasteiger partial charge >= 0.3 is 12.1 Å². The Morgan fingerprint density at radius 1 is 1.06 bits per heavy atom. The summed E-state index contributed by atoms with van der Waals surface area (Å²) in [5.41, 5.74) is 1.42. The number of benzene rings is 2. The van der Waals surface area contributed by atoms with Gasteiger partial charge in [-0.3, -0.25) is 4.79 Å². The van der Waals surface area contributed by atoms with Gasteiger partial charge in [0, 0.05) is 19.4 Å². The minimum Gasteiger partial charge on any atom is -0.464 e. The summed E-state index contributed by atoms with van der Waals surface area (Å²) in [5, 5.41) is 2.58. The van der Waals surface area contributed by atoms with E-state index in [0.29, 0.717) is 12.4 Å². The van der Waals surface area contributed by atoms with E-state index in [2.05, 4.69) is 5.32 Å². The molecule has 0 aliphatic carbocycles. The number of hydrogen-bond acceptors (Lipinski definition) is 7. The molecule has 2 aromatic carbocycles. The first-order valence-electron chi connectivity index (χ1n) is 12.3. The fourth-order valence-electron chi connectivity index (χ4n) is 3.70. The number of rotatable bonds is 9. The van der Waals surface area contributed by atoms with Crippen LogP contribution in [0.15, 0.2) is 48.5 Å². The lowest BCUT2D eigenvalue weighted by atomic mass is 10.0. The van der Waals surface area contributed by atoms with Crippen molar-refractivity contribution in [2.75, 3.05) is 13.2 Å². The molecule has 0 bridgehead atoms. The summed E-state index contributed by atoms with van der Waals surface area (Å²) in [6, 6.07) is 15.0. The predicted molar refractivity (Wildman–Crippen MR) is 135 cm³/mol. The van der Waals surface area contributed by atoms with Gasteiger partial charge in [0.05, 0.1) is 6.61 Å². The molecule has 3 rings (SSSR count). The number of carbonyl (C=O) groups is 3. The molecule has 1 saturated heterocycles. The molecule has 1 fully saturated rings. The van der Waals surface area contributed by atoms with E-state index in [1.807, 2.05) is 36.4 Å². The van der Waals surface area contributed by atoms with Gasteiger partial charge in [0.1, 0.15) is 16.9 Å². The first-order valence-corrected chi connectivity index (χ1v) is 12.3. The Kier molecular flexibility index (Phi) is 9.47. The minimum absolute atomic E-state index is 0.110. The predicted octanol–water partition coefficient (Wildman–Crippen LogP) is 5.29. The van der Waals surface area contributed by atoms with E-state index in [0.717, 1.165) is 30.4 Å². The fourth-order valence-corrected chi connectivity index (χ4v) is 3.70. The molecule has 0 aromatic heterocycles. The van der Waals surface area contributed by atoms with Crippen LogP contribution in [0.4, 0.5) is 4.79 Å². The number of amides is 1. The van der Waals surface area contributed by atoms with E-state index in [9.17, 15) is 14.4 Å². The lowest BCUT2D eigenvalue weighted by Crippen LogP contribution is -2.36. The summed E-state index contributed by atoms with van der Waals surface area (Å²) >= 11 is 0. The van der Waals surface area contributed by atoms with Crippen LogP contribution in [-0.4, -0.2) is 49.0 Å². The zero-order valence-electron chi connectivity index (χ0n) is 21.4. The van der Waals surface area contributed by atoms with Gasteiger partial charge in [-0.2, -0.15) is 0 Å². The third-order valence-corrected chi connectivity index (χ3v) is 5.48. The van der Waals surface area contributed by atoms with Crippen molar-refractivity contribution in [3.8, 4) is 16.9 Å². The third-order valence-electron chi connectivity index (χ3n) is 5.48. The Morgan fingerprint density at radius 3 is 2.44 bits per heavy atom. The molecule has 1 unspecified atom stereocenters. The summed E-state index contributed by atoms with van der Waals surface area (Å²) in [6.07, 6.45) is 0.686. The second kappa shape index (κ2) is 12.5. The molecule has 1 heterocycles. The van der Waals surface area contributed by atoms with Gasteiger partial charge in [-0.05, 0) is 63.8 Å². The van der Waals surface area contributed by atoms with Crippen molar-refractivity contribution in [3.63, 3.8) is 0 Å². The van der Waals surface area contributed by atoms with Crippen LogP contribution in [0, 0.1) is 0 Å². The first kappa shape index (κ1) is 27.2. The van der Waals surface area contributed by atoms with E-state index in [1.54, 1.807) is 32.9 Å². The minimum atomic E-state index is -1.03. The maximum atomic E-state index is 13.1. The molecule has 2 aromatic rings. The van der Waals surface area contributed by atoms with Crippen LogP contribution in [0.2, 0.25) is 0 Å². The number of hydrogen-bond donors (Lipinski definition) is 1. The normalized spacial score (nSPS) is 16.5. The van der Waals surface area contributed by atoms with Gasteiger partial charge in [0.15, 0.2) is 18.2 Å². The summed E-state index contributed by atoms with van der Waals surface area (Å²) in [7, 11) is 0. The van der Waals surface area contributed by atoms with Crippen molar-refractivity contribution in [2.24, 2.45) is 0 Å². The zero-order valence-corrected chi connectivity index (χ0v) is 21.4. The average Bonchev–Trinajstić information content (AvgIpc) is 2.83.